The average Bonchev–Trinajstić information content (AvgIpc) is 2.60. The van der Waals surface area contributed by atoms with Crippen LogP contribution in [0.1, 0.15) is 19.7 Å². The lowest BCUT2D eigenvalue weighted by atomic mass is 10.3. The van der Waals surface area contributed by atoms with Crippen molar-refractivity contribution >= 4 is 11.6 Å². The van der Waals surface area contributed by atoms with Crippen LogP contribution in [-0.2, 0) is 7.05 Å². The van der Waals surface area contributed by atoms with Crippen molar-refractivity contribution in [2.75, 3.05) is 0 Å². The van der Waals surface area contributed by atoms with E-state index >= 15 is 0 Å². The molecule has 0 saturated heterocycles. The van der Waals surface area contributed by atoms with Gasteiger partial charge in [0.15, 0.2) is 5.82 Å². The van der Waals surface area contributed by atoms with E-state index < -0.39 is 11.5 Å². The third-order valence-electron chi connectivity index (χ3n) is 2.79. The molecule has 0 aliphatic carbocycles. The third kappa shape index (κ3) is 2.56. The molecule has 20 heavy (non-hydrogen) atoms. The van der Waals surface area contributed by atoms with Crippen molar-refractivity contribution in [3.05, 3.63) is 39.3 Å². The normalized spacial score (nSPS) is 11.2. The Bertz CT molecular complexity index is 706. The monoisotopic (exact) mass is 299 g/mol. The summed E-state index contributed by atoms with van der Waals surface area (Å²) < 4.78 is 21.8. The fourth-order valence-electron chi connectivity index (χ4n) is 1.72. The molecular weight excluding hydrogens is 285 g/mol. The van der Waals surface area contributed by atoms with E-state index in [1.807, 2.05) is 13.8 Å². The van der Waals surface area contributed by atoms with E-state index in [9.17, 15) is 9.18 Å². The second-order valence-electron chi connectivity index (χ2n) is 4.70. The van der Waals surface area contributed by atoms with Crippen molar-refractivity contribution in [1.29, 1.82) is 0 Å². The number of hydrogen-bond acceptors (Lipinski definition) is 3. The van der Waals surface area contributed by atoms with Gasteiger partial charge in [-0.3, -0.25) is 4.57 Å². The molecule has 5 nitrogen and oxygen atoms in total. The summed E-state index contributed by atoms with van der Waals surface area (Å²) in [4.78, 5) is 12.0. The van der Waals surface area contributed by atoms with Gasteiger partial charge in [-0.25, -0.2) is 9.18 Å². The van der Waals surface area contributed by atoms with Gasteiger partial charge in [-0.2, -0.15) is 9.78 Å². The molecule has 0 aliphatic rings. The highest BCUT2D eigenvalue weighted by Crippen LogP contribution is 2.29. The summed E-state index contributed by atoms with van der Waals surface area (Å²) in [7, 11) is 1.57. The average molecular weight is 300 g/mol. The minimum Gasteiger partial charge on any atom is -0.489 e. The zero-order valence-electron chi connectivity index (χ0n) is 11.6. The number of benzene rings is 1. The van der Waals surface area contributed by atoms with Crippen LogP contribution in [0, 0.1) is 12.7 Å². The van der Waals surface area contributed by atoms with E-state index in [0.717, 1.165) is 10.7 Å². The summed E-state index contributed by atoms with van der Waals surface area (Å²) in [6, 6.07) is 2.50. The predicted octanol–water partition coefficient (Wildman–Crippen LogP) is 2.46. The van der Waals surface area contributed by atoms with Gasteiger partial charge in [0.1, 0.15) is 17.3 Å². The third-order valence-corrected chi connectivity index (χ3v) is 3.09. The van der Waals surface area contributed by atoms with E-state index in [0.29, 0.717) is 11.6 Å². The van der Waals surface area contributed by atoms with E-state index in [4.69, 9.17) is 16.3 Å². The maximum Gasteiger partial charge on any atom is 0.350 e. The second kappa shape index (κ2) is 5.28. The number of nitrogens with zero attached hydrogens (tertiary/aromatic N) is 3. The van der Waals surface area contributed by atoms with Gasteiger partial charge >= 0.3 is 5.69 Å². The smallest absolute Gasteiger partial charge is 0.350 e. The molecule has 2 rings (SSSR count). The summed E-state index contributed by atoms with van der Waals surface area (Å²) in [6.07, 6.45) is -0.118. The zero-order chi connectivity index (χ0) is 15.0. The quantitative estimate of drug-likeness (QED) is 0.875. The maximum atomic E-state index is 14.0. The number of hydrogen-bond donors (Lipinski definition) is 0. The first-order chi connectivity index (χ1) is 9.31. The first-order valence-corrected chi connectivity index (χ1v) is 6.47. The minimum absolute atomic E-state index is 0.0127. The lowest BCUT2D eigenvalue weighted by molar-refractivity contribution is 0.242. The Morgan fingerprint density at radius 1 is 1.40 bits per heavy atom. The summed E-state index contributed by atoms with van der Waals surface area (Å²) in [6.45, 7) is 5.32. The Hall–Kier alpha value is -1.82. The van der Waals surface area contributed by atoms with Crippen LogP contribution in [0.15, 0.2) is 16.9 Å². The van der Waals surface area contributed by atoms with Crippen molar-refractivity contribution < 1.29 is 9.13 Å². The maximum absolute atomic E-state index is 14.0. The van der Waals surface area contributed by atoms with Crippen LogP contribution in [0.3, 0.4) is 0 Å². The Balaban J connectivity index is 2.62. The molecule has 1 heterocycles. The van der Waals surface area contributed by atoms with Gasteiger partial charge in [-0.15, -0.1) is 0 Å². The predicted molar refractivity (Wildman–Crippen MR) is 74.3 cm³/mol. The van der Waals surface area contributed by atoms with Gasteiger partial charge in [0, 0.05) is 13.1 Å². The van der Waals surface area contributed by atoms with Crippen LogP contribution < -0.4 is 10.4 Å². The molecule has 108 valence electrons. The number of aryl methyl sites for hydroxylation is 1. The highest BCUT2D eigenvalue weighted by molar-refractivity contribution is 6.32. The number of aromatic nitrogens is 3. The van der Waals surface area contributed by atoms with Crippen molar-refractivity contribution in [3.63, 3.8) is 0 Å². The minimum atomic E-state index is -0.633. The number of halogens is 2. The fourth-order valence-corrected chi connectivity index (χ4v) is 1.91. The molecule has 0 atom stereocenters. The highest BCUT2D eigenvalue weighted by atomic mass is 35.5. The number of ether oxygens (including phenoxy) is 1. The molecule has 1 aromatic carbocycles. The molecular formula is C13H15ClFN3O2. The molecule has 0 aliphatic heterocycles. The first-order valence-electron chi connectivity index (χ1n) is 6.10. The molecule has 1 aromatic heterocycles. The number of rotatable bonds is 3. The van der Waals surface area contributed by atoms with Gasteiger partial charge in [-0.05, 0) is 26.8 Å². The molecule has 0 bridgehead atoms. The van der Waals surface area contributed by atoms with Crippen molar-refractivity contribution in [2.24, 2.45) is 7.05 Å². The standard InChI is InChI=1S/C13H15ClFN3O2/c1-7(2)20-12-6-11(10(15)5-9(12)14)18-13(19)17(4)8(3)16-18/h5-7H,1-4H3. The van der Waals surface area contributed by atoms with Gasteiger partial charge in [0.05, 0.1) is 11.1 Å². The molecule has 2 aromatic rings. The van der Waals surface area contributed by atoms with E-state index in [-0.39, 0.29) is 16.8 Å². The Labute approximate surface area is 120 Å². The van der Waals surface area contributed by atoms with E-state index in [1.165, 1.54) is 10.6 Å². The van der Waals surface area contributed by atoms with Gasteiger partial charge in [0.2, 0.25) is 0 Å². The van der Waals surface area contributed by atoms with Crippen LogP contribution >= 0.6 is 11.6 Å². The summed E-state index contributed by atoms with van der Waals surface area (Å²) in [5.74, 6) is 0.162. The van der Waals surface area contributed by atoms with Crippen LogP contribution in [0.2, 0.25) is 5.02 Å². The van der Waals surface area contributed by atoms with Gasteiger partial charge < -0.3 is 4.74 Å². The highest BCUT2D eigenvalue weighted by Gasteiger charge is 2.16. The molecule has 0 N–H and O–H groups in total. The lowest BCUT2D eigenvalue weighted by Gasteiger charge is -2.13. The van der Waals surface area contributed by atoms with Crippen molar-refractivity contribution in [3.8, 4) is 11.4 Å². The Morgan fingerprint density at radius 2 is 2.05 bits per heavy atom. The van der Waals surface area contributed by atoms with E-state index in [1.54, 1.807) is 14.0 Å². The molecule has 0 radical (unpaired) electrons. The van der Waals surface area contributed by atoms with Crippen LogP contribution in [0.25, 0.3) is 5.69 Å². The van der Waals surface area contributed by atoms with Gasteiger partial charge in [0.25, 0.3) is 0 Å². The Kier molecular flexibility index (Phi) is 3.85. The summed E-state index contributed by atoms with van der Waals surface area (Å²) in [5, 5.41) is 4.17. The molecule has 0 spiro atoms. The molecule has 0 unspecified atom stereocenters. The van der Waals surface area contributed by atoms with Crippen LogP contribution in [0.5, 0.6) is 5.75 Å². The summed E-state index contributed by atoms with van der Waals surface area (Å²) in [5.41, 5.74) is -0.419. The van der Waals surface area contributed by atoms with Crippen LogP contribution in [-0.4, -0.2) is 20.5 Å². The zero-order valence-corrected chi connectivity index (χ0v) is 12.4. The largest absolute Gasteiger partial charge is 0.489 e. The lowest BCUT2D eigenvalue weighted by Crippen LogP contribution is -2.22. The fraction of sp³-hybridized carbons (Fsp3) is 0.385. The van der Waals surface area contributed by atoms with Crippen LogP contribution in [0.4, 0.5) is 4.39 Å². The summed E-state index contributed by atoms with van der Waals surface area (Å²) >= 11 is 5.93. The Morgan fingerprint density at radius 3 is 2.55 bits per heavy atom. The molecule has 0 amide bonds. The molecule has 7 heteroatoms. The van der Waals surface area contributed by atoms with Crippen molar-refractivity contribution in [1.82, 2.24) is 14.3 Å². The second-order valence-corrected chi connectivity index (χ2v) is 5.11. The SMILES string of the molecule is Cc1nn(-c2cc(OC(C)C)c(Cl)cc2F)c(=O)n1C. The van der Waals surface area contributed by atoms with Crippen molar-refractivity contribution in [2.45, 2.75) is 26.9 Å². The molecule has 0 fully saturated rings. The molecule has 0 saturated carbocycles. The topological polar surface area (TPSA) is 49.1 Å². The van der Waals surface area contributed by atoms with E-state index in [2.05, 4.69) is 5.10 Å². The van der Waals surface area contributed by atoms with Gasteiger partial charge in [-0.1, -0.05) is 11.6 Å². The first kappa shape index (κ1) is 14.6.